The van der Waals surface area contributed by atoms with Crippen LogP contribution in [0.3, 0.4) is 0 Å². The summed E-state index contributed by atoms with van der Waals surface area (Å²) in [6.07, 6.45) is -4.14. The second-order valence-corrected chi connectivity index (χ2v) is 5.10. The molecule has 0 radical (unpaired) electrons. The van der Waals surface area contributed by atoms with Gasteiger partial charge in [0.05, 0.1) is 12.3 Å². The van der Waals surface area contributed by atoms with E-state index in [1.165, 1.54) is 17.0 Å². The van der Waals surface area contributed by atoms with Gasteiger partial charge in [-0.15, -0.1) is 13.2 Å². The molecule has 22 heavy (non-hydrogen) atoms. The number of hydrogen-bond acceptors (Lipinski definition) is 3. The Hall–Kier alpha value is -2.25. The van der Waals surface area contributed by atoms with Gasteiger partial charge in [-0.3, -0.25) is 9.59 Å². The van der Waals surface area contributed by atoms with Gasteiger partial charge in [0.2, 0.25) is 11.8 Å². The number of carbonyl (C=O) groups excluding carboxylic acids is 2. The van der Waals surface area contributed by atoms with Crippen molar-refractivity contribution in [3.05, 3.63) is 29.8 Å². The Bertz CT molecular complexity index is 557. The van der Waals surface area contributed by atoms with Crippen LogP contribution in [0.15, 0.2) is 24.3 Å². The van der Waals surface area contributed by atoms with Crippen LogP contribution in [0.1, 0.15) is 12.0 Å². The van der Waals surface area contributed by atoms with Gasteiger partial charge in [0.25, 0.3) is 0 Å². The zero-order valence-electron chi connectivity index (χ0n) is 11.6. The van der Waals surface area contributed by atoms with Crippen molar-refractivity contribution in [2.75, 3.05) is 13.1 Å². The summed E-state index contributed by atoms with van der Waals surface area (Å²) in [7, 11) is 0. The molecule has 1 fully saturated rings. The number of likely N-dealkylation sites (tertiary alicyclic amines) is 1. The van der Waals surface area contributed by atoms with Crippen molar-refractivity contribution in [2.45, 2.75) is 19.2 Å². The molecule has 1 aromatic rings. The zero-order chi connectivity index (χ0) is 16.3. The van der Waals surface area contributed by atoms with Crippen molar-refractivity contribution in [2.24, 2.45) is 11.7 Å². The largest absolute Gasteiger partial charge is 0.573 e. The molecular weight excluding hydrogens is 301 g/mol. The van der Waals surface area contributed by atoms with E-state index < -0.39 is 12.3 Å². The van der Waals surface area contributed by atoms with E-state index in [4.69, 9.17) is 5.73 Å². The smallest absolute Gasteiger partial charge is 0.406 e. The number of nitrogens with zero attached hydrogens (tertiary/aromatic N) is 1. The van der Waals surface area contributed by atoms with Crippen molar-refractivity contribution in [1.29, 1.82) is 0 Å². The molecule has 2 rings (SSSR count). The first-order valence-corrected chi connectivity index (χ1v) is 6.66. The topological polar surface area (TPSA) is 72.6 Å². The molecule has 0 saturated carbocycles. The molecule has 0 aliphatic carbocycles. The summed E-state index contributed by atoms with van der Waals surface area (Å²) >= 11 is 0. The van der Waals surface area contributed by atoms with E-state index in [0.717, 1.165) is 12.1 Å². The average Bonchev–Trinajstić information content (AvgIpc) is 2.89. The van der Waals surface area contributed by atoms with Crippen LogP contribution in [-0.2, 0) is 16.0 Å². The Morgan fingerprint density at radius 3 is 2.41 bits per heavy atom. The van der Waals surface area contributed by atoms with Crippen molar-refractivity contribution < 1.29 is 27.5 Å². The van der Waals surface area contributed by atoms with Crippen molar-refractivity contribution in [3.63, 3.8) is 0 Å². The quantitative estimate of drug-likeness (QED) is 0.914. The minimum Gasteiger partial charge on any atom is -0.406 e. The second-order valence-electron chi connectivity index (χ2n) is 5.10. The van der Waals surface area contributed by atoms with E-state index in [1.54, 1.807) is 0 Å². The number of amides is 2. The van der Waals surface area contributed by atoms with Crippen LogP contribution in [0.4, 0.5) is 13.2 Å². The molecule has 8 heteroatoms. The van der Waals surface area contributed by atoms with E-state index in [9.17, 15) is 22.8 Å². The van der Waals surface area contributed by atoms with Gasteiger partial charge in [-0.05, 0) is 24.1 Å². The predicted molar refractivity (Wildman–Crippen MR) is 70.7 cm³/mol. The molecular formula is C14H15F3N2O3. The zero-order valence-corrected chi connectivity index (χ0v) is 11.6. The Morgan fingerprint density at radius 1 is 1.27 bits per heavy atom. The SMILES string of the molecule is NC(=O)[C@@H]1CCN(C(=O)Cc2ccc(OC(F)(F)F)cc2)C1. The normalized spacial score (nSPS) is 18.3. The molecule has 0 bridgehead atoms. The van der Waals surface area contributed by atoms with E-state index >= 15 is 0 Å². The van der Waals surface area contributed by atoms with E-state index in [1.807, 2.05) is 0 Å². The third-order valence-corrected chi connectivity index (χ3v) is 3.46. The van der Waals surface area contributed by atoms with Gasteiger partial charge in [0, 0.05) is 13.1 Å². The Labute approximate surface area is 124 Å². The standard InChI is InChI=1S/C14H15F3N2O3/c15-14(16,17)22-11-3-1-9(2-4-11)7-12(20)19-6-5-10(8-19)13(18)21/h1-4,10H,5-8H2,(H2,18,21)/t10-/m1/s1. The summed E-state index contributed by atoms with van der Waals surface area (Å²) in [6.45, 7) is 0.755. The summed E-state index contributed by atoms with van der Waals surface area (Å²) in [4.78, 5) is 24.7. The van der Waals surface area contributed by atoms with Crippen LogP contribution in [0.25, 0.3) is 0 Å². The molecule has 1 aliphatic rings. The number of primary amides is 1. The fourth-order valence-corrected chi connectivity index (χ4v) is 2.31. The molecule has 1 atom stereocenters. The molecule has 1 aromatic carbocycles. The van der Waals surface area contributed by atoms with Crippen LogP contribution in [0, 0.1) is 5.92 Å². The molecule has 2 N–H and O–H groups in total. The minimum atomic E-state index is -4.74. The average molecular weight is 316 g/mol. The van der Waals surface area contributed by atoms with Gasteiger partial charge in [-0.2, -0.15) is 0 Å². The first-order chi connectivity index (χ1) is 10.2. The molecule has 5 nitrogen and oxygen atoms in total. The highest BCUT2D eigenvalue weighted by atomic mass is 19.4. The summed E-state index contributed by atoms with van der Waals surface area (Å²) in [6, 6.07) is 5.12. The lowest BCUT2D eigenvalue weighted by Crippen LogP contribution is -2.32. The Kier molecular flexibility index (Phi) is 4.58. The van der Waals surface area contributed by atoms with Crippen LogP contribution in [0.2, 0.25) is 0 Å². The Morgan fingerprint density at radius 2 is 1.91 bits per heavy atom. The highest BCUT2D eigenvalue weighted by Crippen LogP contribution is 2.23. The number of hydrogen-bond donors (Lipinski definition) is 1. The monoisotopic (exact) mass is 316 g/mol. The molecule has 1 aliphatic heterocycles. The number of benzene rings is 1. The highest BCUT2D eigenvalue weighted by Gasteiger charge is 2.31. The lowest BCUT2D eigenvalue weighted by Gasteiger charge is -2.16. The number of carbonyl (C=O) groups is 2. The van der Waals surface area contributed by atoms with Crippen LogP contribution >= 0.6 is 0 Å². The fraction of sp³-hybridized carbons (Fsp3) is 0.429. The van der Waals surface area contributed by atoms with Crippen LogP contribution in [-0.4, -0.2) is 36.2 Å². The molecule has 0 spiro atoms. The van der Waals surface area contributed by atoms with Crippen molar-refractivity contribution >= 4 is 11.8 Å². The molecule has 0 aromatic heterocycles. The van der Waals surface area contributed by atoms with Gasteiger partial charge in [0.15, 0.2) is 0 Å². The van der Waals surface area contributed by atoms with Gasteiger partial charge in [0.1, 0.15) is 5.75 Å². The van der Waals surface area contributed by atoms with Crippen LogP contribution < -0.4 is 10.5 Å². The molecule has 120 valence electrons. The molecule has 0 unspecified atom stereocenters. The number of ether oxygens (including phenoxy) is 1. The molecule has 2 amide bonds. The van der Waals surface area contributed by atoms with Gasteiger partial charge < -0.3 is 15.4 Å². The number of alkyl halides is 3. The Balaban J connectivity index is 1.91. The van der Waals surface area contributed by atoms with E-state index in [0.29, 0.717) is 25.1 Å². The van der Waals surface area contributed by atoms with Gasteiger partial charge in [-0.1, -0.05) is 12.1 Å². The summed E-state index contributed by atoms with van der Waals surface area (Å²) in [5, 5.41) is 0. The number of halogens is 3. The predicted octanol–water partition coefficient (Wildman–Crippen LogP) is 1.46. The third-order valence-electron chi connectivity index (χ3n) is 3.46. The second kappa shape index (κ2) is 6.25. The highest BCUT2D eigenvalue weighted by molar-refractivity contribution is 5.82. The van der Waals surface area contributed by atoms with Gasteiger partial charge >= 0.3 is 6.36 Å². The first kappa shape index (κ1) is 16.1. The molecule has 1 saturated heterocycles. The van der Waals surface area contributed by atoms with E-state index in [2.05, 4.69) is 4.74 Å². The summed E-state index contributed by atoms with van der Waals surface area (Å²) < 4.78 is 39.9. The maximum absolute atomic E-state index is 12.1. The number of nitrogens with two attached hydrogens (primary N) is 1. The molecule has 1 heterocycles. The van der Waals surface area contributed by atoms with Gasteiger partial charge in [-0.25, -0.2) is 0 Å². The first-order valence-electron chi connectivity index (χ1n) is 6.66. The van der Waals surface area contributed by atoms with E-state index in [-0.39, 0.29) is 24.0 Å². The maximum atomic E-state index is 12.1. The summed E-state index contributed by atoms with van der Waals surface area (Å²) in [5.41, 5.74) is 5.77. The lowest BCUT2D eigenvalue weighted by molar-refractivity contribution is -0.274. The summed E-state index contributed by atoms with van der Waals surface area (Å²) in [5.74, 6) is -1.28. The van der Waals surface area contributed by atoms with Crippen LogP contribution in [0.5, 0.6) is 5.75 Å². The minimum absolute atomic E-state index is 0.0534. The number of rotatable bonds is 4. The van der Waals surface area contributed by atoms with Crippen molar-refractivity contribution in [3.8, 4) is 5.75 Å². The third kappa shape index (κ3) is 4.37. The van der Waals surface area contributed by atoms with Crippen molar-refractivity contribution in [1.82, 2.24) is 4.90 Å². The fourth-order valence-electron chi connectivity index (χ4n) is 2.31. The maximum Gasteiger partial charge on any atom is 0.573 e. The lowest BCUT2D eigenvalue weighted by atomic mass is 10.1.